The molecule has 1 aromatic carbocycles. The van der Waals surface area contributed by atoms with Gasteiger partial charge in [0.1, 0.15) is 0 Å². The number of benzene rings is 1. The van der Waals surface area contributed by atoms with Crippen LogP contribution in [-0.4, -0.2) is 43.2 Å². The Balaban J connectivity index is 1.94. The first-order valence-electron chi connectivity index (χ1n) is 7.57. The molecule has 0 spiro atoms. The number of piperazine rings is 1. The van der Waals surface area contributed by atoms with E-state index in [1.165, 1.54) is 11.3 Å². The monoisotopic (exact) mass is 309 g/mol. The topological polar surface area (TPSA) is 35.6 Å². The third kappa shape index (κ3) is 4.03. The Morgan fingerprint density at radius 1 is 1.33 bits per heavy atom. The fraction of sp³-hybridized carbons (Fsp3) is 0.562. The highest BCUT2D eigenvalue weighted by molar-refractivity contribution is 6.30. The molecule has 4 nitrogen and oxygen atoms in total. The van der Waals surface area contributed by atoms with E-state index in [1.54, 1.807) is 0 Å². The molecule has 116 valence electrons. The molecule has 0 bridgehead atoms. The van der Waals surface area contributed by atoms with Gasteiger partial charge >= 0.3 is 6.03 Å². The number of hydrogen-bond donors (Lipinski definition) is 1. The third-order valence-electron chi connectivity index (χ3n) is 4.06. The van der Waals surface area contributed by atoms with E-state index in [9.17, 15) is 4.79 Å². The van der Waals surface area contributed by atoms with E-state index in [2.05, 4.69) is 24.1 Å². The molecule has 1 fully saturated rings. The minimum absolute atomic E-state index is 0.0480. The number of carbonyl (C=O) groups excluding carboxylic acids is 1. The van der Waals surface area contributed by atoms with E-state index in [0.717, 1.165) is 37.6 Å². The van der Waals surface area contributed by atoms with Crippen LogP contribution in [0.2, 0.25) is 5.02 Å². The molecule has 2 rings (SSSR count). The Hall–Kier alpha value is -1.42. The summed E-state index contributed by atoms with van der Waals surface area (Å²) in [7, 11) is 0. The fourth-order valence-electron chi connectivity index (χ4n) is 2.48. The summed E-state index contributed by atoms with van der Waals surface area (Å²) in [5.41, 5.74) is 2.39. The Morgan fingerprint density at radius 3 is 2.62 bits per heavy atom. The Labute approximate surface area is 132 Å². The molecule has 5 heteroatoms. The lowest BCUT2D eigenvalue weighted by atomic mass is 10.1. The molecule has 1 saturated heterocycles. The second-order valence-corrected chi connectivity index (χ2v) is 6.10. The molecule has 0 saturated carbocycles. The Bertz CT molecular complexity index is 498. The van der Waals surface area contributed by atoms with E-state index in [1.807, 2.05) is 30.0 Å². The first kappa shape index (κ1) is 16.0. The summed E-state index contributed by atoms with van der Waals surface area (Å²) in [4.78, 5) is 16.3. The standard InChI is InChI=1S/C16H24ClN3O/c1-4-13(3)18-16(21)20-9-7-19(8-10-20)15-11-14(17)6-5-12(15)2/h5-6,11,13H,4,7-10H2,1-3H3,(H,18,21)/t13-/m1/s1. The van der Waals surface area contributed by atoms with E-state index in [0.29, 0.717) is 0 Å². The van der Waals surface area contributed by atoms with E-state index >= 15 is 0 Å². The maximum absolute atomic E-state index is 12.1. The van der Waals surface area contributed by atoms with Crippen molar-refractivity contribution < 1.29 is 4.79 Å². The minimum atomic E-state index is 0.0480. The van der Waals surface area contributed by atoms with Gasteiger partial charge in [-0.2, -0.15) is 0 Å². The summed E-state index contributed by atoms with van der Waals surface area (Å²) < 4.78 is 0. The van der Waals surface area contributed by atoms with Crippen LogP contribution < -0.4 is 10.2 Å². The number of halogens is 1. The van der Waals surface area contributed by atoms with Crippen molar-refractivity contribution in [3.63, 3.8) is 0 Å². The lowest BCUT2D eigenvalue weighted by molar-refractivity contribution is 0.191. The lowest BCUT2D eigenvalue weighted by Gasteiger charge is -2.37. The molecule has 2 amide bonds. The molecule has 1 N–H and O–H groups in total. The number of rotatable bonds is 3. The summed E-state index contributed by atoms with van der Waals surface area (Å²) >= 11 is 6.09. The summed E-state index contributed by atoms with van der Waals surface area (Å²) in [5.74, 6) is 0. The zero-order valence-electron chi connectivity index (χ0n) is 13.0. The minimum Gasteiger partial charge on any atom is -0.368 e. The number of carbonyl (C=O) groups is 1. The zero-order valence-corrected chi connectivity index (χ0v) is 13.8. The second-order valence-electron chi connectivity index (χ2n) is 5.66. The average Bonchev–Trinajstić information content (AvgIpc) is 2.49. The number of anilines is 1. The van der Waals surface area contributed by atoms with Gasteiger partial charge in [-0.3, -0.25) is 0 Å². The molecule has 1 aliphatic rings. The first-order chi connectivity index (χ1) is 10.0. The maximum Gasteiger partial charge on any atom is 0.317 e. The van der Waals surface area contributed by atoms with Crippen LogP contribution in [0, 0.1) is 6.92 Å². The number of hydrogen-bond acceptors (Lipinski definition) is 2. The average molecular weight is 310 g/mol. The zero-order chi connectivity index (χ0) is 15.4. The molecule has 0 radical (unpaired) electrons. The predicted octanol–water partition coefficient (Wildman–Crippen LogP) is 3.28. The van der Waals surface area contributed by atoms with Crippen LogP contribution in [0.4, 0.5) is 10.5 Å². The third-order valence-corrected chi connectivity index (χ3v) is 4.30. The van der Waals surface area contributed by atoms with E-state index in [-0.39, 0.29) is 12.1 Å². The van der Waals surface area contributed by atoms with Gasteiger partial charge in [0.25, 0.3) is 0 Å². The van der Waals surface area contributed by atoms with Crippen LogP contribution in [0.1, 0.15) is 25.8 Å². The molecule has 1 aliphatic heterocycles. The van der Waals surface area contributed by atoms with Crippen LogP contribution in [0.15, 0.2) is 18.2 Å². The van der Waals surface area contributed by atoms with Crippen LogP contribution in [0.5, 0.6) is 0 Å². The fourth-order valence-corrected chi connectivity index (χ4v) is 2.64. The molecule has 0 aromatic heterocycles. The van der Waals surface area contributed by atoms with Gasteiger partial charge in [0.15, 0.2) is 0 Å². The largest absolute Gasteiger partial charge is 0.368 e. The highest BCUT2D eigenvalue weighted by Gasteiger charge is 2.22. The van der Waals surface area contributed by atoms with Gasteiger partial charge in [-0.1, -0.05) is 24.6 Å². The molecule has 21 heavy (non-hydrogen) atoms. The van der Waals surface area contributed by atoms with Crippen molar-refractivity contribution in [2.45, 2.75) is 33.2 Å². The molecular formula is C16H24ClN3O. The van der Waals surface area contributed by atoms with Crippen LogP contribution in [0.3, 0.4) is 0 Å². The molecule has 0 aliphatic carbocycles. The summed E-state index contributed by atoms with van der Waals surface area (Å²) in [6.07, 6.45) is 0.952. The highest BCUT2D eigenvalue weighted by atomic mass is 35.5. The summed E-state index contributed by atoms with van der Waals surface area (Å²) in [6.45, 7) is 9.37. The van der Waals surface area contributed by atoms with Crippen molar-refractivity contribution in [2.24, 2.45) is 0 Å². The maximum atomic E-state index is 12.1. The number of urea groups is 1. The summed E-state index contributed by atoms with van der Waals surface area (Å²) in [6, 6.07) is 6.24. The number of amides is 2. The van der Waals surface area contributed by atoms with Crippen LogP contribution >= 0.6 is 11.6 Å². The Morgan fingerprint density at radius 2 is 2.00 bits per heavy atom. The SMILES string of the molecule is CC[C@@H](C)NC(=O)N1CCN(c2cc(Cl)ccc2C)CC1. The predicted molar refractivity (Wildman–Crippen MR) is 88.3 cm³/mol. The van der Waals surface area contributed by atoms with Crippen molar-refractivity contribution in [1.82, 2.24) is 10.2 Å². The smallest absolute Gasteiger partial charge is 0.317 e. The van der Waals surface area contributed by atoms with Gasteiger partial charge < -0.3 is 15.1 Å². The van der Waals surface area contributed by atoms with Gasteiger partial charge in [-0.25, -0.2) is 4.79 Å². The molecular weight excluding hydrogens is 286 g/mol. The van der Waals surface area contributed by atoms with Gasteiger partial charge in [0, 0.05) is 42.9 Å². The van der Waals surface area contributed by atoms with Crippen molar-refractivity contribution in [1.29, 1.82) is 0 Å². The van der Waals surface area contributed by atoms with Crippen molar-refractivity contribution >= 4 is 23.3 Å². The van der Waals surface area contributed by atoms with Crippen molar-refractivity contribution in [3.05, 3.63) is 28.8 Å². The quantitative estimate of drug-likeness (QED) is 0.930. The molecule has 1 aromatic rings. The molecule has 1 heterocycles. The van der Waals surface area contributed by atoms with Crippen molar-refractivity contribution in [3.8, 4) is 0 Å². The number of nitrogens with one attached hydrogen (secondary N) is 1. The lowest BCUT2D eigenvalue weighted by Crippen LogP contribution is -2.53. The number of aryl methyl sites for hydroxylation is 1. The van der Waals surface area contributed by atoms with Gasteiger partial charge in [-0.15, -0.1) is 0 Å². The Kier molecular flexibility index (Phi) is 5.34. The second kappa shape index (κ2) is 7.03. The highest BCUT2D eigenvalue weighted by Crippen LogP contribution is 2.25. The molecule has 0 unspecified atom stereocenters. The van der Waals surface area contributed by atoms with Crippen LogP contribution in [-0.2, 0) is 0 Å². The van der Waals surface area contributed by atoms with E-state index < -0.39 is 0 Å². The molecule has 1 atom stereocenters. The normalized spacial score (nSPS) is 16.8. The van der Waals surface area contributed by atoms with Crippen LogP contribution in [0.25, 0.3) is 0 Å². The van der Waals surface area contributed by atoms with Crippen molar-refractivity contribution in [2.75, 3.05) is 31.1 Å². The first-order valence-corrected chi connectivity index (χ1v) is 7.95. The summed E-state index contributed by atoms with van der Waals surface area (Å²) in [5, 5.41) is 3.78. The van der Waals surface area contributed by atoms with Gasteiger partial charge in [0.2, 0.25) is 0 Å². The van der Waals surface area contributed by atoms with Gasteiger partial charge in [0.05, 0.1) is 0 Å². The number of nitrogens with zero attached hydrogens (tertiary/aromatic N) is 2. The van der Waals surface area contributed by atoms with Gasteiger partial charge in [-0.05, 0) is 38.0 Å². The van der Waals surface area contributed by atoms with E-state index in [4.69, 9.17) is 11.6 Å².